The molecule has 3 N–H and O–H groups in total. The van der Waals surface area contributed by atoms with Crippen LogP contribution in [0.2, 0.25) is 0 Å². The highest BCUT2D eigenvalue weighted by atomic mass is 16.3. The second-order valence-corrected chi connectivity index (χ2v) is 7.63. The molecule has 2 unspecified atom stereocenters. The lowest BCUT2D eigenvalue weighted by atomic mass is 9.95. The number of imidazole rings is 1. The van der Waals surface area contributed by atoms with E-state index in [1.807, 2.05) is 0 Å². The molecule has 0 radical (unpaired) electrons. The van der Waals surface area contributed by atoms with Gasteiger partial charge < -0.3 is 20.1 Å². The van der Waals surface area contributed by atoms with Gasteiger partial charge >= 0.3 is 0 Å². The van der Waals surface area contributed by atoms with Crippen molar-refractivity contribution in [3.05, 3.63) is 36.4 Å². The van der Waals surface area contributed by atoms with Crippen LogP contribution in [0.5, 0.6) is 0 Å². The van der Waals surface area contributed by atoms with Crippen LogP contribution in [0.3, 0.4) is 0 Å². The van der Waals surface area contributed by atoms with Crippen molar-refractivity contribution in [3.8, 4) is 11.8 Å². The molecule has 0 saturated heterocycles. The first-order chi connectivity index (χ1) is 14.5. The number of rotatable bonds is 3. The van der Waals surface area contributed by atoms with Crippen molar-refractivity contribution in [1.82, 2.24) is 29.5 Å². The number of ketones is 1. The quantitative estimate of drug-likeness (QED) is 0.511. The SMILES string of the molecule is CNc1nc(C#Cc2ncccn2)nc2c1ncn2[C@@H]1C2C[C@@]2(C(C)=O)C(O)[C@H]1O. The largest absolute Gasteiger partial charge is 0.389 e. The zero-order chi connectivity index (χ0) is 21.0. The number of aromatic nitrogens is 6. The number of Topliss-reactive ketones (excluding diaryl/α,β-unsaturated/α-hetero) is 1. The van der Waals surface area contributed by atoms with Crippen LogP contribution in [0.1, 0.15) is 31.0 Å². The van der Waals surface area contributed by atoms with Gasteiger partial charge in [0.15, 0.2) is 17.0 Å². The van der Waals surface area contributed by atoms with Crippen molar-refractivity contribution in [2.45, 2.75) is 31.6 Å². The van der Waals surface area contributed by atoms with Crippen molar-refractivity contribution in [1.29, 1.82) is 0 Å². The molecule has 0 spiro atoms. The van der Waals surface area contributed by atoms with E-state index in [0.717, 1.165) is 0 Å². The Labute approximate surface area is 171 Å². The highest BCUT2D eigenvalue weighted by Gasteiger charge is 2.74. The normalized spacial score (nSPS) is 29.2. The van der Waals surface area contributed by atoms with Gasteiger partial charge in [0.25, 0.3) is 0 Å². The topological polar surface area (TPSA) is 139 Å². The van der Waals surface area contributed by atoms with Gasteiger partial charge in [-0.15, -0.1) is 0 Å². The average molecular weight is 405 g/mol. The Bertz CT molecular complexity index is 1220. The van der Waals surface area contributed by atoms with E-state index in [2.05, 4.69) is 42.1 Å². The lowest BCUT2D eigenvalue weighted by molar-refractivity contribution is -0.128. The second kappa shape index (κ2) is 6.55. The molecule has 30 heavy (non-hydrogen) atoms. The van der Waals surface area contributed by atoms with Crippen LogP contribution in [0.4, 0.5) is 5.82 Å². The van der Waals surface area contributed by atoms with Gasteiger partial charge in [-0.2, -0.15) is 0 Å². The Morgan fingerprint density at radius 1 is 1.20 bits per heavy atom. The molecule has 10 heteroatoms. The second-order valence-electron chi connectivity index (χ2n) is 7.63. The highest BCUT2D eigenvalue weighted by molar-refractivity contribution is 5.88. The van der Waals surface area contributed by atoms with E-state index >= 15 is 0 Å². The molecule has 152 valence electrons. The molecular formula is C20H19N7O3. The third-order valence-corrected chi connectivity index (χ3v) is 6.16. The number of hydrogen-bond acceptors (Lipinski definition) is 9. The van der Waals surface area contributed by atoms with Crippen molar-refractivity contribution in [2.24, 2.45) is 11.3 Å². The standard InChI is InChI=1S/C20H19N7O3/c1-10(28)20-8-11(20)15(16(29)17(20)30)27-9-24-14-18(21-2)25-13(26-19(14)27)5-4-12-22-6-3-7-23-12/h3,6-7,9,11,15-17,29-30H,8H2,1-2H3,(H,21,25,26)/t11?,15-,16+,17?,20+/m1/s1. The summed E-state index contributed by atoms with van der Waals surface area (Å²) in [4.78, 5) is 33.6. The maximum atomic E-state index is 12.2. The fraction of sp³-hybridized carbons (Fsp3) is 0.400. The predicted octanol–water partition coefficient (Wildman–Crippen LogP) is -0.0704. The fourth-order valence-electron chi connectivity index (χ4n) is 4.61. The number of nitrogens with one attached hydrogen (secondary N) is 1. The zero-order valence-corrected chi connectivity index (χ0v) is 16.3. The van der Waals surface area contributed by atoms with Gasteiger partial charge in [-0.1, -0.05) is 0 Å². The molecule has 0 aliphatic heterocycles. The maximum absolute atomic E-state index is 12.2. The number of nitrogens with zero attached hydrogens (tertiary/aromatic N) is 6. The summed E-state index contributed by atoms with van der Waals surface area (Å²) in [5.74, 6) is 6.48. The van der Waals surface area contributed by atoms with E-state index in [9.17, 15) is 15.0 Å². The molecular weight excluding hydrogens is 386 g/mol. The minimum atomic E-state index is -1.11. The summed E-state index contributed by atoms with van der Waals surface area (Å²) in [6, 6.07) is 1.19. The summed E-state index contributed by atoms with van der Waals surface area (Å²) in [5.41, 5.74) is 0.101. The van der Waals surface area contributed by atoms with Crippen LogP contribution >= 0.6 is 0 Å². The third-order valence-electron chi connectivity index (χ3n) is 6.16. The molecule has 2 aliphatic rings. The van der Waals surface area contributed by atoms with Crippen LogP contribution in [0.25, 0.3) is 11.2 Å². The van der Waals surface area contributed by atoms with Gasteiger partial charge in [0.2, 0.25) is 11.6 Å². The third kappa shape index (κ3) is 2.52. The Hall–Kier alpha value is -3.42. The molecule has 2 aliphatic carbocycles. The summed E-state index contributed by atoms with van der Waals surface area (Å²) in [7, 11) is 1.72. The van der Waals surface area contributed by atoms with Gasteiger partial charge in [-0.25, -0.2) is 24.9 Å². The Morgan fingerprint density at radius 3 is 2.60 bits per heavy atom. The van der Waals surface area contributed by atoms with Crippen LogP contribution in [-0.4, -0.2) is 64.7 Å². The minimum Gasteiger partial charge on any atom is -0.389 e. The average Bonchev–Trinajstić information content (AvgIpc) is 3.30. The summed E-state index contributed by atoms with van der Waals surface area (Å²) >= 11 is 0. The van der Waals surface area contributed by atoms with Crippen LogP contribution in [-0.2, 0) is 4.79 Å². The van der Waals surface area contributed by atoms with Gasteiger partial charge in [-0.05, 0) is 37.2 Å². The summed E-state index contributed by atoms with van der Waals surface area (Å²) < 4.78 is 1.72. The summed E-state index contributed by atoms with van der Waals surface area (Å²) in [6.45, 7) is 1.46. The molecule has 3 aromatic heterocycles. The number of fused-ring (bicyclic) bond motifs is 2. The summed E-state index contributed by atoms with van der Waals surface area (Å²) in [5, 5.41) is 24.2. The summed E-state index contributed by atoms with van der Waals surface area (Å²) in [6.07, 6.45) is 3.09. The van der Waals surface area contributed by atoms with Crippen molar-refractivity contribution in [3.63, 3.8) is 0 Å². The molecule has 2 fully saturated rings. The van der Waals surface area contributed by atoms with Crippen LogP contribution in [0.15, 0.2) is 24.8 Å². The number of hydrogen-bond donors (Lipinski definition) is 3. The first-order valence-corrected chi connectivity index (χ1v) is 9.56. The van der Waals surface area contributed by atoms with E-state index in [1.54, 1.807) is 36.4 Å². The van der Waals surface area contributed by atoms with Crippen molar-refractivity contribution < 1.29 is 15.0 Å². The van der Waals surface area contributed by atoms with E-state index in [1.165, 1.54) is 6.92 Å². The Kier molecular flexibility index (Phi) is 4.06. The van der Waals surface area contributed by atoms with E-state index in [-0.39, 0.29) is 17.5 Å². The molecule has 10 nitrogen and oxygen atoms in total. The maximum Gasteiger partial charge on any atom is 0.209 e. The molecule has 0 amide bonds. The lowest BCUT2D eigenvalue weighted by Crippen LogP contribution is -2.36. The van der Waals surface area contributed by atoms with Gasteiger partial charge in [-0.3, -0.25) is 4.79 Å². The molecule has 5 rings (SSSR count). The number of anilines is 1. The van der Waals surface area contributed by atoms with Crippen molar-refractivity contribution >= 4 is 22.8 Å². The highest BCUT2D eigenvalue weighted by Crippen LogP contribution is 2.68. The number of carbonyl (C=O) groups is 1. The minimum absolute atomic E-state index is 0.106. The first-order valence-electron chi connectivity index (χ1n) is 9.56. The van der Waals surface area contributed by atoms with Crippen LogP contribution in [0, 0.1) is 23.2 Å². The predicted molar refractivity (Wildman–Crippen MR) is 105 cm³/mol. The number of aliphatic hydroxyl groups excluding tert-OH is 2. The van der Waals surface area contributed by atoms with Gasteiger partial charge in [0.1, 0.15) is 11.9 Å². The first kappa shape index (κ1) is 18.6. The Morgan fingerprint density at radius 2 is 1.93 bits per heavy atom. The van der Waals surface area contributed by atoms with Crippen LogP contribution < -0.4 is 5.32 Å². The van der Waals surface area contributed by atoms with E-state index < -0.39 is 23.7 Å². The smallest absolute Gasteiger partial charge is 0.209 e. The molecule has 3 aromatic rings. The fourth-order valence-corrected chi connectivity index (χ4v) is 4.61. The molecule has 2 saturated carbocycles. The van der Waals surface area contributed by atoms with Gasteiger partial charge in [0, 0.05) is 19.4 Å². The molecule has 0 bridgehead atoms. The van der Waals surface area contributed by atoms with Crippen molar-refractivity contribution in [2.75, 3.05) is 12.4 Å². The number of carbonyl (C=O) groups excluding carboxylic acids is 1. The Balaban J connectivity index is 1.60. The van der Waals surface area contributed by atoms with E-state index in [0.29, 0.717) is 29.2 Å². The monoisotopic (exact) mass is 405 g/mol. The molecule has 0 aromatic carbocycles. The zero-order valence-electron chi connectivity index (χ0n) is 16.3. The number of aliphatic hydroxyl groups is 2. The lowest BCUT2D eigenvalue weighted by Gasteiger charge is -2.23. The van der Waals surface area contributed by atoms with Gasteiger partial charge in [0.05, 0.1) is 23.9 Å². The van der Waals surface area contributed by atoms with E-state index in [4.69, 9.17) is 0 Å². The molecule has 5 atom stereocenters. The molecule has 3 heterocycles.